The quantitative estimate of drug-likeness (QED) is 0.117. The Kier molecular flexibility index (Phi) is 17.3. The molecule has 0 bridgehead atoms. The number of hydrogen-bond acceptors (Lipinski definition) is 6. The van der Waals surface area contributed by atoms with E-state index in [4.69, 9.17) is 9.47 Å². The van der Waals surface area contributed by atoms with Gasteiger partial charge in [0.1, 0.15) is 0 Å². The lowest BCUT2D eigenvalue weighted by molar-refractivity contribution is -0.158. The number of rotatable bonds is 15. The molecule has 0 aromatic heterocycles. The average molecular weight is 433 g/mol. The van der Waals surface area contributed by atoms with Crippen molar-refractivity contribution in [3.63, 3.8) is 0 Å². The van der Waals surface area contributed by atoms with Gasteiger partial charge in [0.05, 0.1) is 7.11 Å². The van der Waals surface area contributed by atoms with Gasteiger partial charge in [-0.2, -0.15) is 0 Å². The van der Waals surface area contributed by atoms with Crippen LogP contribution in [-0.4, -0.2) is 37.2 Å². The average Bonchev–Trinajstić information content (AvgIpc) is 2.72. The summed E-state index contributed by atoms with van der Waals surface area (Å²) in [5.41, 5.74) is 0. The topological polar surface area (TPSA) is 78.9 Å². The molecule has 0 aliphatic heterocycles. The molecule has 0 fully saturated rings. The molecule has 0 aliphatic rings. The fraction of sp³-hybridized carbons (Fsp3) is 0.480. The number of allylic oxidation sites excluding steroid dienone is 8. The van der Waals surface area contributed by atoms with Crippen molar-refractivity contribution < 1.29 is 28.6 Å². The first-order valence-corrected chi connectivity index (χ1v) is 10.6. The molecule has 2 atom stereocenters. The second-order valence-electron chi connectivity index (χ2n) is 6.68. The molecule has 6 nitrogen and oxygen atoms in total. The van der Waals surface area contributed by atoms with E-state index >= 15 is 0 Å². The Balaban J connectivity index is 4.79. The van der Waals surface area contributed by atoms with Crippen LogP contribution in [0.5, 0.6) is 0 Å². The molecule has 0 aromatic carbocycles. The minimum atomic E-state index is -0.716. The van der Waals surface area contributed by atoms with Crippen molar-refractivity contribution in [1.29, 1.82) is 0 Å². The highest BCUT2D eigenvalue weighted by molar-refractivity contribution is 5.69. The summed E-state index contributed by atoms with van der Waals surface area (Å²) in [5, 5.41) is 0. The fourth-order valence-electron chi connectivity index (χ4n) is 2.46. The lowest BCUT2D eigenvalue weighted by Crippen LogP contribution is -2.31. The molecule has 0 amide bonds. The Morgan fingerprint density at radius 2 is 1.39 bits per heavy atom. The van der Waals surface area contributed by atoms with Crippen molar-refractivity contribution in [2.45, 2.75) is 71.5 Å². The van der Waals surface area contributed by atoms with Gasteiger partial charge < -0.3 is 14.2 Å². The fourth-order valence-corrected chi connectivity index (χ4v) is 2.46. The summed E-state index contributed by atoms with van der Waals surface area (Å²) in [6, 6.07) is 0. The van der Waals surface area contributed by atoms with Crippen LogP contribution in [0.4, 0.5) is 0 Å². The summed E-state index contributed by atoms with van der Waals surface area (Å²) >= 11 is 0. The number of carbonyl (C=O) groups excluding carboxylic acids is 3. The normalized spacial score (nSPS) is 14.1. The van der Waals surface area contributed by atoms with Gasteiger partial charge in [-0.25, -0.2) is 0 Å². The van der Waals surface area contributed by atoms with E-state index in [1.807, 2.05) is 42.5 Å². The second-order valence-corrected chi connectivity index (χ2v) is 6.68. The van der Waals surface area contributed by atoms with Crippen LogP contribution >= 0.6 is 0 Å². The largest absolute Gasteiger partial charge is 0.469 e. The summed E-state index contributed by atoms with van der Waals surface area (Å²) in [6.07, 6.45) is 21.9. The molecule has 0 heterocycles. The van der Waals surface area contributed by atoms with Gasteiger partial charge in [-0.3, -0.25) is 14.4 Å². The van der Waals surface area contributed by atoms with Crippen LogP contribution < -0.4 is 0 Å². The van der Waals surface area contributed by atoms with Gasteiger partial charge in [-0.1, -0.05) is 55.5 Å². The molecular weight excluding hydrogens is 396 g/mol. The third-order valence-electron chi connectivity index (χ3n) is 3.89. The molecule has 172 valence electrons. The molecule has 0 spiro atoms. The smallest absolute Gasteiger partial charge is 0.305 e. The van der Waals surface area contributed by atoms with Gasteiger partial charge >= 0.3 is 17.9 Å². The van der Waals surface area contributed by atoms with Gasteiger partial charge in [0.25, 0.3) is 0 Å². The van der Waals surface area contributed by atoms with E-state index in [0.29, 0.717) is 12.8 Å². The lowest BCUT2D eigenvalue weighted by Gasteiger charge is -2.21. The number of unbranched alkanes of at least 4 members (excludes halogenated alkanes) is 1. The van der Waals surface area contributed by atoms with Gasteiger partial charge in [0.15, 0.2) is 12.2 Å². The monoisotopic (exact) mass is 432 g/mol. The highest BCUT2D eigenvalue weighted by atomic mass is 16.6. The number of ether oxygens (including phenoxy) is 3. The molecule has 0 N–H and O–H groups in total. The van der Waals surface area contributed by atoms with Crippen LogP contribution in [0.25, 0.3) is 0 Å². The summed E-state index contributed by atoms with van der Waals surface area (Å²) in [7, 11) is 1.39. The minimum absolute atomic E-state index is 0.194. The molecule has 6 heteroatoms. The van der Waals surface area contributed by atoms with Crippen LogP contribution in [0.15, 0.2) is 60.8 Å². The zero-order valence-corrected chi connectivity index (χ0v) is 19.1. The second kappa shape index (κ2) is 19.1. The van der Waals surface area contributed by atoms with Crippen LogP contribution in [0.3, 0.4) is 0 Å². The van der Waals surface area contributed by atoms with Gasteiger partial charge in [-0.05, 0) is 44.3 Å². The number of methoxy groups -OCH3 is 1. The van der Waals surface area contributed by atoms with Crippen molar-refractivity contribution in [3.8, 4) is 0 Å². The highest BCUT2D eigenvalue weighted by Gasteiger charge is 2.22. The van der Waals surface area contributed by atoms with Gasteiger partial charge in [0.2, 0.25) is 0 Å². The summed E-state index contributed by atoms with van der Waals surface area (Å²) in [4.78, 5) is 34.0. The zero-order chi connectivity index (χ0) is 23.3. The predicted octanol–water partition coefficient (Wildman–Crippen LogP) is 5.16. The van der Waals surface area contributed by atoms with Crippen molar-refractivity contribution in [2.75, 3.05) is 7.11 Å². The molecule has 31 heavy (non-hydrogen) atoms. The number of esters is 3. The van der Waals surface area contributed by atoms with E-state index in [-0.39, 0.29) is 5.97 Å². The SMILES string of the molecule is CC/C=C\C/C=C\[C@H](OC(C)=O)[C@@H](/C=C/C=C\C/C=C\CCCC(=O)OC)OC(C)=O. The molecule has 0 aliphatic carbocycles. The minimum Gasteiger partial charge on any atom is -0.469 e. The van der Waals surface area contributed by atoms with Gasteiger partial charge in [0, 0.05) is 20.3 Å². The van der Waals surface area contributed by atoms with E-state index < -0.39 is 24.1 Å². The first kappa shape index (κ1) is 28.1. The molecule has 0 saturated heterocycles. The predicted molar refractivity (Wildman–Crippen MR) is 122 cm³/mol. The Morgan fingerprint density at radius 1 is 0.774 bits per heavy atom. The van der Waals surface area contributed by atoms with E-state index in [0.717, 1.165) is 25.7 Å². The van der Waals surface area contributed by atoms with Crippen molar-refractivity contribution in [1.82, 2.24) is 0 Å². The van der Waals surface area contributed by atoms with Crippen molar-refractivity contribution in [2.24, 2.45) is 0 Å². The van der Waals surface area contributed by atoms with E-state index in [2.05, 4.69) is 11.7 Å². The molecule has 0 unspecified atom stereocenters. The molecular formula is C25H36O6. The highest BCUT2D eigenvalue weighted by Crippen LogP contribution is 2.11. The molecule has 0 radical (unpaired) electrons. The Hall–Kier alpha value is -2.89. The van der Waals surface area contributed by atoms with Gasteiger partial charge in [-0.15, -0.1) is 0 Å². The van der Waals surface area contributed by atoms with E-state index in [1.165, 1.54) is 21.0 Å². The van der Waals surface area contributed by atoms with Crippen molar-refractivity contribution in [3.05, 3.63) is 60.8 Å². The summed E-state index contributed by atoms with van der Waals surface area (Å²) in [6.45, 7) is 4.70. The van der Waals surface area contributed by atoms with E-state index in [1.54, 1.807) is 18.2 Å². The number of carbonyl (C=O) groups is 3. The number of hydrogen-bond donors (Lipinski definition) is 0. The zero-order valence-electron chi connectivity index (χ0n) is 19.1. The third kappa shape index (κ3) is 17.7. The Bertz CT molecular complexity index is 669. The lowest BCUT2D eigenvalue weighted by atomic mass is 10.1. The first-order valence-electron chi connectivity index (χ1n) is 10.6. The maximum atomic E-state index is 11.5. The Morgan fingerprint density at radius 3 is 2.00 bits per heavy atom. The third-order valence-corrected chi connectivity index (χ3v) is 3.89. The standard InChI is InChI=1S/C25H36O6/c1-5-6-7-12-15-18-23(30-21(2)26)24(31-22(3)27)19-16-13-10-8-9-11-14-17-20-25(28)29-4/h6-7,9-11,13,15-16,18-19,23-24H,5,8,12,14,17,20H2,1-4H3/b7-6-,11-9-,13-10-,18-15-,19-16+/t23-,24+/m0/s1. The van der Waals surface area contributed by atoms with Crippen LogP contribution in [0.1, 0.15) is 59.3 Å². The first-order chi connectivity index (χ1) is 14.9. The summed E-state index contributed by atoms with van der Waals surface area (Å²) in [5.74, 6) is -1.10. The molecule has 0 aromatic rings. The maximum Gasteiger partial charge on any atom is 0.305 e. The molecule has 0 rings (SSSR count). The van der Waals surface area contributed by atoms with E-state index in [9.17, 15) is 14.4 Å². The maximum absolute atomic E-state index is 11.5. The summed E-state index contributed by atoms with van der Waals surface area (Å²) < 4.78 is 15.3. The Labute approximate surface area is 186 Å². The van der Waals surface area contributed by atoms with Crippen LogP contribution in [0, 0.1) is 0 Å². The van der Waals surface area contributed by atoms with Crippen molar-refractivity contribution >= 4 is 17.9 Å². The van der Waals surface area contributed by atoms with Crippen LogP contribution in [0.2, 0.25) is 0 Å². The molecule has 0 saturated carbocycles. The van der Waals surface area contributed by atoms with Crippen LogP contribution in [-0.2, 0) is 28.6 Å².